The molecule has 15 heavy (non-hydrogen) atoms. The van der Waals surface area contributed by atoms with E-state index in [1.807, 2.05) is 6.92 Å². The number of hydrogen-bond acceptors (Lipinski definition) is 3. The number of sulfonamides is 1. The van der Waals surface area contributed by atoms with Crippen molar-refractivity contribution in [3.63, 3.8) is 0 Å². The van der Waals surface area contributed by atoms with Crippen LogP contribution in [-0.4, -0.2) is 31.4 Å². The first-order valence-corrected chi connectivity index (χ1v) is 7.14. The summed E-state index contributed by atoms with van der Waals surface area (Å²) >= 11 is 0. The quantitative estimate of drug-likeness (QED) is 0.743. The SMILES string of the molecule is CC(CO)C(C)NS(=O)(=O)C1CCCC1. The average Bonchev–Trinajstić information content (AvgIpc) is 2.69. The van der Waals surface area contributed by atoms with Crippen molar-refractivity contribution in [2.75, 3.05) is 6.61 Å². The van der Waals surface area contributed by atoms with Crippen molar-refractivity contribution in [3.05, 3.63) is 0 Å². The summed E-state index contributed by atoms with van der Waals surface area (Å²) in [6.07, 6.45) is 3.57. The molecule has 1 aliphatic rings. The van der Waals surface area contributed by atoms with Gasteiger partial charge in [0, 0.05) is 12.6 Å². The first kappa shape index (κ1) is 12.9. The van der Waals surface area contributed by atoms with Gasteiger partial charge in [-0.15, -0.1) is 0 Å². The average molecular weight is 235 g/mol. The molecule has 90 valence electrons. The largest absolute Gasteiger partial charge is 0.396 e. The Balaban J connectivity index is 2.55. The molecule has 0 amide bonds. The fourth-order valence-electron chi connectivity index (χ4n) is 1.83. The summed E-state index contributed by atoms with van der Waals surface area (Å²) in [4.78, 5) is 0. The highest BCUT2D eigenvalue weighted by Crippen LogP contribution is 2.24. The Labute approximate surface area is 92.1 Å². The van der Waals surface area contributed by atoms with Crippen molar-refractivity contribution >= 4 is 10.0 Å². The van der Waals surface area contributed by atoms with Gasteiger partial charge in [0.1, 0.15) is 0 Å². The molecule has 2 atom stereocenters. The molecule has 1 aliphatic carbocycles. The molecule has 0 aromatic carbocycles. The van der Waals surface area contributed by atoms with Crippen molar-refractivity contribution in [3.8, 4) is 0 Å². The highest BCUT2D eigenvalue weighted by molar-refractivity contribution is 7.90. The summed E-state index contributed by atoms with van der Waals surface area (Å²) in [6, 6.07) is -0.194. The molecule has 4 nitrogen and oxygen atoms in total. The van der Waals surface area contributed by atoms with Crippen molar-refractivity contribution in [1.29, 1.82) is 0 Å². The Morgan fingerprint density at radius 2 is 1.87 bits per heavy atom. The van der Waals surface area contributed by atoms with Crippen LogP contribution in [0.2, 0.25) is 0 Å². The van der Waals surface area contributed by atoms with Crippen LogP contribution in [0.25, 0.3) is 0 Å². The molecule has 0 aliphatic heterocycles. The number of hydrogen-bond donors (Lipinski definition) is 2. The van der Waals surface area contributed by atoms with Crippen LogP contribution < -0.4 is 4.72 Å². The van der Waals surface area contributed by atoms with Crippen LogP contribution in [0.4, 0.5) is 0 Å². The van der Waals surface area contributed by atoms with Gasteiger partial charge in [-0.25, -0.2) is 13.1 Å². The van der Waals surface area contributed by atoms with E-state index in [-0.39, 0.29) is 23.8 Å². The van der Waals surface area contributed by atoms with E-state index in [9.17, 15) is 8.42 Å². The number of aliphatic hydroxyl groups is 1. The van der Waals surface area contributed by atoms with Crippen molar-refractivity contribution in [1.82, 2.24) is 4.72 Å². The Hall–Kier alpha value is -0.130. The second kappa shape index (κ2) is 5.27. The van der Waals surface area contributed by atoms with Gasteiger partial charge in [-0.3, -0.25) is 0 Å². The smallest absolute Gasteiger partial charge is 0.214 e. The lowest BCUT2D eigenvalue weighted by Crippen LogP contribution is -2.42. The van der Waals surface area contributed by atoms with E-state index in [4.69, 9.17) is 5.11 Å². The van der Waals surface area contributed by atoms with Crippen LogP contribution in [0.5, 0.6) is 0 Å². The van der Waals surface area contributed by atoms with Gasteiger partial charge in [0.25, 0.3) is 0 Å². The Bertz CT molecular complexity index is 283. The Morgan fingerprint density at radius 3 is 2.33 bits per heavy atom. The molecule has 0 heterocycles. The third kappa shape index (κ3) is 3.43. The normalized spacial score (nSPS) is 22.9. The van der Waals surface area contributed by atoms with Crippen LogP contribution in [0.15, 0.2) is 0 Å². The molecule has 0 bridgehead atoms. The zero-order chi connectivity index (χ0) is 11.5. The molecular formula is C10H21NO3S. The van der Waals surface area contributed by atoms with E-state index in [0.29, 0.717) is 0 Å². The zero-order valence-corrected chi connectivity index (χ0v) is 10.3. The second-order valence-corrected chi connectivity index (χ2v) is 6.51. The first-order chi connectivity index (χ1) is 6.97. The molecule has 0 spiro atoms. The van der Waals surface area contributed by atoms with Crippen LogP contribution in [0.1, 0.15) is 39.5 Å². The van der Waals surface area contributed by atoms with Gasteiger partial charge < -0.3 is 5.11 Å². The van der Waals surface area contributed by atoms with Crippen molar-refractivity contribution < 1.29 is 13.5 Å². The molecule has 2 unspecified atom stereocenters. The van der Waals surface area contributed by atoms with Crippen LogP contribution in [0, 0.1) is 5.92 Å². The van der Waals surface area contributed by atoms with Gasteiger partial charge in [-0.05, 0) is 25.7 Å². The molecule has 0 aromatic heterocycles. The minimum absolute atomic E-state index is 0.00829. The first-order valence-electron chi connectivity index (χ1n) is 5.59. The fraction of sp³-hybridized carbons (Fsp3) is 1.00. The third-order valence-electron chi connectivity index (χ3n) is 3.23. The lowest BCUT2D eigenvalue weighted by molar-refractivity contribution is 0.216. The number of aliphatic hydroxyl groups excluding tert-OH is 1. The summed E-state index contributed by atoms with van der Waals surface area (Å²) < 4.78 is 26.4. The van der Waals surface area contributed by atoms with Gasteiger partial charge in [0.05, 0.1) is 5.25 Å². The molecule has 1 rings (SSSR count). The second-order valence-electron chi connectivity index (χ2n) is 4.52. The standard InChI is InChI=1S/C10H21NO3S/c1-8(7-12)9(2)11-15(13,14)10-5-3-4-6-10/h8-12H,3-7H2,1-2H3. The summed E-state index contributed by atoms with van der Waals surface area (Å²) in [5.74, 6) is -0.0406. The van der Waals surface area contributed by atoms with Gasteiger partial charge in [0.2, 0.25) is 10.0 Å². The molecule has 1 fully saturated rings. The number of nitrogens with one attached hydrogen (secondary N) is 1. The lowest BCUT2D eigenvalue weighted by Gasteiger charge is -2.21. The van der Waals surface area contributed by atoms with E-state index in [2.05, 4.69) is 4.72 Å². The fourth-order valence-corrected chi connectivity index (χ4v) is 3.73. The maximum atomic E-state index is 11.9. The summed E-state index contributed by atoms with van der Waals surface area (Å²) in [6.45, 7) is 3.64. The van der Waals surface area contributed by atoms with Gasteiger partial charge in [-0.2, -0.15) is 0 Å². The summed E-state index contributed by atoms with van der Waals surface area (Å²) in [5.41, 5.74) is 0. The van der Waals surface area contributed by atoms with E-state index in [1.165, 1.54) is 0 Å². The molecule has 5 heteroatoms. The van der Waals surface area contributed by atoms with Crippen molar-refractivity contribution in [2.45, 2.75) is 50.8 Å². The minimum Gasteiger partial charge on any atom is -0.396 e. The highest BCUT2D eigenvalue weighted by Gasteiger charge is 2.30. The lowest BCUT2D eigenvalue weighted by atomic mass is 10.1. The Morgan fingerprint density at radius 1 is 1.33 bits per heavy atom. The van der Waals surface area contributed by atoms with Crippen LogP contribution in [-0.2, 0) is 10.0 Å². The topological polar surface area (TPSA) is 66.4 Å². The van der Waals surface area contributed by atoms with E-state index in [1.54, 1.807) is 6.92 Å². The minimum atomic E-state index is -3.18. The van der Waals surface area contributed by atoms with E-state index in [0.717, 1.165) is 25.7 Å². The number of rotatable bonds is 5. The van der Waals surface area contributed by atoms with E-state index < -0.39 is 10.0 Å². The van der Waals surface area contributed by atoms with Crippen molar-refractivity contribution in [2.24, 2.45) is 5.92 Å². The highest BCUT2D eigenvalue weighted by atomic mass is 32.2. The third-order valence-corrected chi connectivity index (χ3v) is 5.28. The van der Waals surface area contributed by atoms with Gasteiger partial charge in [-0.1, -0.05) is 19.8 Å². The predicted molar refractivity (Wildman–Crippen MR) is 60.0 cm³/mol. The summed E-state index contributed by atoms with van der Waals surface area (Å²) in [5, 5.41) is 8.72. The molecule has 0 aromatic rings. The van der Waals surface area contributed by atoms with Gasteiger partial charge in [0.15, 0.2) is 0 Å². The molecule has 1 saturated carbocycles. The predicted octanol–water partition coefficient (Wildman–Crippen LogP) is 0.865. The Kier molecular flexibility index (Phi) is 4.55. The monoisotopic (exact) mass is 235 g/mol. The van der Waals surface area contributed by atoms with E-state index >= 15 is 0 Å². The van der Waals surface area contributed by atoms with Crippen LogP contribution in [0.3, 0.4) is 0 Å². The zero-order valence-electron chi connectivity index (χ0n) is 9.44. The molecule has 0 saturated heterocycles. The molecular weight excluding hydrogens is 214 g/mol. The summed E-state index contributed by atoms with van der Waals surface area (Å²) in [7, 11) is -3.18. The molecule has 0 radical (unpaired) electrons. The van der Waals surface area contributed by atoms with Gasteiger partial charge >= 0.3 is 0 Å². The van der Waals surface area contributed by atoms with Crippen LogP contribution >= 0.6 is 0 Å². The molecule has 2 N–H and O–H groups in total. The maximum Gasteiger partial charge on any atom is 0.214 e. The maximum absolute atomic E-state index is 11.9.